The Morgan fingerprint density at radius 2 is 2.04 bits per heavy atom. The molecule has 1 aliphatic rings. The van der Waals surface area contributed by atoms with E-state index >= 15 is 0 Å². The average molecular weight is 346 g/mol. The molecule has 1 aliphatic heterocycles. The van der Waals surface area contributed by atoms with Gasteiger partial charge < -0.3 is 4.98 Å². The lowest BCUT2D eigenvalue weighted by Gasteiger charge is -2.36. The summed E-state index contributed by atoms with van der Waals surface area (Å²) in [5.41, 5.74) is 3.47. The predicted octanol–water partition coefficient (Wildman–Crippen LogP) is 4.62. The van der Waals surface area contributed by atoms with E-state index in [2.05, 4.69) is 40.1 Å². The third-order valence-corrected chi connectivity index (χ3v) is 5.49. The first-order chi connectivity index (χ1) is 12.7. The van der Waals surface area contributed by atoms with Gasteiger partial charge in [-0.15, -0.1) is 12.3 Å². The van der Waals surface area contributed by atoms with Gasteiger partial charge in [-0.05, 0) is 54.6 Å². The van der Waals surface area contributed by atoms with Crippen molar-refractivity contribution >= 4 is 10.9 Å². The number of hydrogen-bond acceptors (Lipinski definition) is 1. The second-order valence-electron chi connectivity index (χ2n) is 7.25. The fourth-order valence-electron chi connectivity index (χ4n) is 4.12. The van der Waals surface area contributed by atoms with Crippen molar-refractivity contribution in [2.24, 2.45) is 11.8 Å². The number of rotatable bonds is 4. The number of benzene rings is 2. The van der Waals surface area contributed by atoms with Gasteiger partial charge in [0.2, 0.25) is 0 Å². The quantitative estimate of drug-likeness (QED) is 0.683. The third kappa shape index (κ3) is 3.52. The molecule has 1 N–H and O–H groups in total. The molecule has 1 fully saturated rings. The molecule has 0 amide bonds. The molecule has 2 nitrogen and oxygen atoms in total. The molecule has 3 heteroatoms. The van der Waals surface area contributed by atoms with E-state index in [1.807, 2.05) is 12.3 Å². The van der Waals surface area contributed by atoms with Crippen LogP contribution in [-0.2, 0) is 13.0 Å². The number of terminal acetylenes is 1. The Bertz CT molecular complexity index is 922. The Labute approximate surface area is 154 Å². The molecule has 4 rings (SSSR count). The summed E-state index contributed by atoms with van der Waals surface area (Å²) in [4.78, 5) is 5.75. The van der Waals surface area contributed by atoms with Crippen molar-refractivity contribution in [2.75, 3.05) is 13.1 Å². The number of piperidine rings is 1. The molecule has 26 heavy (non-hydrogen) atoms. The third-order valence-electron chi connectivity index (χ3n) is 5.49. The minimum absolute atomic E-state index is 0.193. The van der Waals surface area contributed by atoms with Crippen LogP contribution < -0.4 is 0 Å². The Balaban J connectivity index is 1.52. The second-order valence-corrected chi connectivity index (χ2v) is 7.25. The molecule has 2 atom stereocenters. The number of fused-ring (bicyclic) bond motifs is 1. The van der Waals surface area contributed by atoms with Gasteiger partial charge in [-0.25, -0.2) is 4.39 Å². The minimum Gasteiger partial charge on any atom is -0.361 e. The first kappa shape index (κ1) is 16.9. The van der Waals surface area contributed by atoms with Gasteiger partial charge in [-0.2, -0.15) is 0 Å². The fraction of sp³-hybridized carbons (Fsp3) is 0.304. The number of nitrogens with one attached hydrogen (secondary N) is 1. The van der Waals surface area contributed by atoms with Gasteiger partial charge in [0, 0.05) is 36.1 Å². The molecule has 1 aromatic heterocycles. The van der Waals surface area contributed by atoms with Crippen molar-refractivity contribution in [3.8, 4) is 12.3 Å². The van der Waals surface area contributed by atoms with Crippen molar-refractivity contribution in [1.82, 2.24) is 9.88 Å². The van der Waals surface area contributed by atoms with E-state index in [0.29, 0.717) is 5.92 Å². The van der Waals surface area contributed by atoms with Gasteiger partial charge >= 0.3 is 0 Å². The van der Waals surface area contributed by atoms with Crippen LogP contribution in [0.25, 0.3) is 10.9 Å². The van der Waals surface area contributed by atoms with Crippen molar-refractivity contribution in [1.29, 1.82) is 0 Å². The van der Waals surface area contributed by atoms with E-state index in [4.69, 9.17) is 6.42 Å². The SMILES string of the molecule is C#CC1CCN(Cc2ccccc2)CC1Cc1c[nH]c2ccc(F)cc12. The zero-order valence-corrected chi connectivity index (χ0v) is 14.8. The van der Waals surface area contributed by atoms with E-state index in [1.165, 1.54) is 11.6 Å². The zero-order chi connectivity index (χ0) is 17.9. The van der Waals surface area contributed by atoms with Crippen LogP contribution in [0, 0.1) is 30.0 Å². The molecule has 0 aliphatic carbocycles. The molecule has 0 radical (unpaired) electrons. The highest BCUT2D eigenvalue weighted by Gasteiger charge is 2.28. The van der Waals surface area contributed by atoms with Crippen LogP contribution in [0.3, 0.4) is 0 Å². The molecule has 2 unspecified atom stereocenters. The number of halogens is 1. The Kier molecular flexibility index (Phi) is 4.77. The second kappa shape index (κ2) is 7.35. The highest BCUT2D eigenvalue weighted by molar-refractivity contribution is 5.83. The largest absolute Gasteiger partial charge is 0.361 e. The number of aromatic nitrogens is 1. The Morgan fingerprint density at radius 1 is 1.19 bits per heavy atom. The van der Waals surface area contributed by atoms with Crippen molar-refractivity contribution in [3.05, 3.63) is 71.7 Å². The van der Waals surface area contributed by atoms with E-state index < -0.39 is 0 Å². The minimum atomic E-state index is -0.193. The van der Waals surface area contributed by atoms with Gasteiger partial charge in [-0.3, -0.25) is 4.90 Å². The van der Waals surface area contributed by atoms with E-state index in [9.17, 15) is 4.39 Å². The van der Waals surface area contributed by atoms with Gasteiger partial charge in [0.1, 0.15) is 5.82 Å². The molecule has 3 aromatic rings. The van der Waals surface area contributed by atoms with Crippen LogP contribution in [0.1, 0.15) is 17.5 Å². The molecular weight excluding hydrogens is 323 g/mol. The van der Waals surface area contributed by atoms with Crippen LogP contribution in [0.2, 0.25) is 0 Å². The van der Waals surface area contributed by atoms with E-state index in [1.54, 1.807) is 12.1 Å². The number of H-pyrrole nitrogens is 1. The fourth-order valence-corrected chi connectivity index (χ4v) is 4.12. The van der Waals surface area contributed by atoms with Crippen LogP contribution in [0.15, 0.2) is 54.7 Å². The lowest BCUT2D eigenvalue weighted by molar-refractivity contribution is 0.138. The van der Waals surface area contributed by atoms with E-state index in [0.717, 1.165) is 48.9 Å². The zero-order valence-electron chi connectivity index (χ0n) is 14.8. The predicted molar refractivity (Wildman–Crippen MR) is 104 cm³/mol. The maximum Gasteiger partial charge on any atom is 0.123 e. The monoisotopic (exact) mass is 346 g/mol. The lowest BCUT2D eigenvalue weighted by Crippen LogP contribution is -2.40. The average Bonchev–Trinajstić information content (AvgIpc) is 3.05. The van der Waals surface area contributed by atoms with Crippen molar-refractivity contribution in [3.63, 3.8) is 0 Å². The van der Waals surface area contributed by atoms with Crippen LogP contribution in [-0.4, -0.2) is 23.0 Å². The van der Waals surface area contributed by atoms with Gasteiger partial charge in [0.25, 0.3) is 0 Å². The van der Waals surface area contributed by atoms with Gasteiger partial charge in [0.15, 0.2) is 0 Å². The highest BCUT2D eigenvalue weighted by atomic mass is 19.1. The Morgan fingerprint density at radius 3 is 2.85 bits per heavy atom. The maximum atomic E-state index is 13.7. The van der Waals surface area contributed by atoms with Crippen LogP contribution in [0.5, 0.6) is 0 Å². The molecule has 0 bridgehead atoms. The smallest absolute Gasteiger partial charge is 0.123 e. The van der Waals surface area contributed by atoms with Gasteiger partial charge in [-0.1, -0.05) is 30.3 Å². The number of aromatic amines is 1. The molecule has 0 spiro atoms. The first-order valence-corrected chi connectivity index (χ1v) is 9.21. The van der Waals surface area contributed by atoms with Crippen molar-refractivity contribution < 1.29 is 4.39 Å². The number of nitrogens with zero attached hydrogens (tertiary/aromatic N) is 1. The van der Waals surface area contributed by atoms with Gasteiger partial charge in [0.05, 0.1) is 0 Å². The van der Waals surface area contributed by atoms with Crippen LogP contribution in [0.4, 0.5) is 4.39 Å². The lowest BCUT2D eigenvalue weighted by atomic mass is 9.82. The molecule has 0 saturated carbocycles. The van der Waals surface area contributed by atoms with Crippen molar-refractivity contribution in [2.45, 2.75) is 19.4 Å². The summed E-state index contributed by atoms with van der Waals surface area (Å²) >= 11 is 0. The van der Waals surface area contributed by atoms with E-state index in [-0.39, 0.29) is 11.7 Å². The summed E-state index contributed by atoms with van der Waals surface area (Å²) in [5, 5.41) is 0.973. The number of hydrogen-bond donors (Lipinski definition) is 1. The molecule has 132 valence electrons. The first-order valence-electron chi connectivity index (χ1n) is 9.21. The maximum absolute atomic E-state index is 13.7. The summed E-state index contributed by atoms with van der Waals surface area (Å²) in [6.07, 6.45) is 9.73. The topological polar surface area (TPSA) is 19.0 Å². The summed E-state index contributed by atoms with van der Waals surface area (Å²) in [6.45, 7) is 2.96. The highest BCUT2D eigenvalue weighted by Crippen LogP contribution is 2.30. The summed E-state index contributed by atoms with van der Waals surface area (Å²) in [5.74, 6) is 3.47. The summed E-state index contributed by atoms with van der Waals surface area (Å²) in [7, 11) is 0. The summed E-state index contributed by atoms with van der Waals surface area (Å²) in [6, 6.07) is 15.5. The normalized spacial score (nSPS) is 20.9. The standard InChI is InChI=1S/C23H23FN2/c1-2-18-10-11-26(15-17-6-4-3-5-7-17)16-20(18)12-19-14-25-23-9-8-21(24)13-22(19)23/h1,3-9,13-14,18,20,25H,10-12,15-16H2. The van der Waals surface area contributed by atoms with Crippen LogP contribution >= 0.6 is 0 Å². The summed E-state index contributed by atoms with van der Waals surface area (Å²) < 4.78 is 13.7. The number of likely N-dealkylation sites (tertiary alicyclic amines) is 1. The molecule has 2 aromatic carbocycles. The molecule has 2 heterocycles. The Hall–Kier alpha value is -2.57. The molecule has 1 saturated heterocycles. The molecular formula is C23H23FN2.